The molecule has 6 aliphatic rings. The van der Waals surface area contributed by atoms with Crippen molar-refractivity contribution in [2.75, 3.05) is 13.1 Å². The van der Waals surface area contributed by atoms with Crippen LogP contribution in [0.2, 0.25) is 0 Å². The van der Waals surface area contributed by atoms with Gasteiger partial charge in [0.05, 0.1) is 12.2 Å². The lowest BCUT2D eigenvalue weighted by molar-refractivity contribution is -0.0741. The molecule has 2 aliphatic heterocycles. The van der Waals surface area contributed by atoms with E-state index in [1.54, 1.807) is 0 Å². The van der Waals surface area contributed by atoms with Crippen LogP contribution in [0, 0.1) is 17.8 Å². The van der Waals surface area contributed by atoms with Gasteiger partial charge in [-0.2, -0.15) is 0 Å². The summed E-state index contributed by atoms with van der Waals surface area (Å²) in [7, 11) is 0. The maximum absolute atomic E-state index is 13.1. The lowest BCUT2D eigenvalue weighted by Gasteiger charge is -2.57. The van der Waals surface area contributed by atoms with Gasteiger partial charge in [0.2, 0.25) is 0 Å². The summed E-state index contributed by atoms with van der Waals surface area (Å²) >= 11 is 0. The third-order valence-electron chi connectivity index (χ3n) is 8.28. The lowest BCUT2D eigenvalue weighted by atomic mass is 9.53. The van der Waals surface area contributed by atoms with E-state index in [-0.39, 0.29) is 17.2 Å². The van der Waals surface area contributed by atoms with Crippen LogP contribution in [-0.2, 0) is 16.9 Å². The monoisotopic (exact) mass is 366 g/mol. The fourth-order valence-electron chi connectivity index (χ4n) is 7.44. The molecule has 1 saturated heterocycles. The van der Waals surface area contributed by atoms with Gasteiger partial charge in [0.1, 0.15) is 0 Å². The smallest absolute Gasteiger partial charge is 0.317 e. The van der Waals surface area contributed by atoms with E-state index < -0.39 is 0 Å². The standard InChI is InChI=1S/C23H30N2O2/c26-21(24-22-12-16-9-17(13-22)11-18(10-16)14-22)25-7-5-23(6-8-25)20-4-2-1-3-19(20)15-27-23/h1-4,16-18H,5-15H2,(H,24,26). The number of nitrogens with one attached hydrogen (secondary N) is 1. The SMILES string of the molecule is O=C(NC12CC3CC(CC(C3)C1)C2)N1CCC2(CC1)OCc1ccccc12. The maximum atomic E-state index is 13.1. The molecular formula is C23H30N2O2. The number of piperidine rings is 1. The molecule has 0 aromatic heterocycles. The summed E-state index contributed by atoms with van der Waals surface area (Å²) in [4.78, 5) is 15.2. The van der Waals surface area contributed by atoms with Crippen molar-refractivity contribution in [3.05, 3.63) is 35.4 Å². The van der Waals surface area contributed by atoms with E-state index in [0.717, 1.165) is 50.3 Å². The van der Waals surface area contributed by atoms with Crippen molar-refractivity contribution in [3.63, 3.8) is 0 Å². The van der Waals surface area contributed by atoms with Crippen LogP contribution in [0.5, 0.6) is 0 Å². The molecule has 0 radical (unpaired) electrons. The van der Waals surface area contributed by atoms with Gasteiger partial charge in [-0.3, -0.25) is 0 Å². The number of fused-ring (bicyclic) bond motifs is 2. The van der Waals surface area contributed by atoms with Gasteiger partial charge >= 0.3 is 6.03 Å². The Morgan fingerprint density at radius 3 is 2.30 bits per heavy atom. The fraction of sp³-hybridized carbons (Fsp3) is 0.696. The largest absolute Gasteiger partial charge is 0.365 e. The van der Waals surface area contributed by atoms with Crippen LogP contribution in [0.1, 0.15) is 62.5 Å². The molecule has 0 unspecified atom stereocenters. The van der Waals surface area contributed by atoms with Crippen molar-refractivity contribution in [1.29, 1.82) is 0 Å². The van der Waals surface area contributed by atoms with Crippen molar-refractivity contribution < 1.29 is 9.53 Å². The second-order valence-electron chi connectivity index (χ2n) is 10.1. The highest BCUT2D eigenvalue weighted by molar-refractivity contribution is 5.75. The average Bonchev–Trinajstić information content (AvgIpc) is 2.99. The van der Waals surface area contributed by atoms with E-state index in [2.05, 4.69) is 29.6 Å². The number of carbonyl (C=O) groups is 1. The molecule has 4 bridgehead atoms. The van der Waals surface area contributed by atoms with Crippen LogP contribution >= 0.6 is 0 Å². The summed E-state index contributed by atoms with van der Waals surface area (Å²) in [6.45, 7) is 2.31. The van der Waals surface area contributed by atoms with Gasteiger partial charge in [-0.05, 0) is 80.2 Å². The van der Waals surface area contributed by atoms with E-state index in [1.165, 1.54) is 49.7 Å². The number of carbonyl (C=O) groups excluding carboxylic acids is 1. The summed E-state index contributed by atoms with van der Waals surface area (Å²) in [5.41, 5.74) is 2.63. The van der Waals surface area contributed by atoms with Gasteiger partial charge in [-0.1, -0.05) is 24.3 Å². The molecule has 0 atom stereocenters. The van der Waals surface area contributed by atoms with Crippen LogP contribution in [0.15, 0.2) is 24.3 Å². The quantitative estimate of drug-likeness (QED) is 0.810. The Hall–Kier alpha value is -1.55. The molecule has 2 heterocycles. The van der Waals surface area contributed by atoms with E-state index in [0.29, 0.717) is 0 Å². The number of ether oxygens (including phenoxy) is 1. The van der Waals surface area contributed by atoms with Gasteiger partial charge in [-0.15, -0.1) is 0 Å². The second kappa shape index (κ2) is 5.73. The van der Waals surface area contributed by atoms with Crippen LogP contribution in [-0.4, -0.2) is 29.6 Å². The third-order valence-corrected chi connectivity index (χ3v) is 8.28. The molecule has 27 heavy (non-hydrogen) atoms. The van der Waals surface area contributed by atoms with Crippen molar-refractivity contribution in [1.82, 2.24) is 10.2 Å². The normalized spacial score (nSPS) is 38.2. The number of nitrogens with zero attached hydrogens (tertiary/aromatic N) is 1. The van der Waals surface area contributed by atoms with Gasteiger partial charge in [0, 0.05) is 18.6 Å². The Balaban J connectivity index is 1.13. The third kappa shape index (κ3) is 2.55. The number of hydrogen-bond donors (Lipinski definition) is 1. The zero-order valence-electron chi connectivity index (χ0n) is 16.1. The minimum absolute atomic E-state index is 0.109. The fourth-order valence-corrected chi connectivity index (χ4v) is 7.44. The molecule has 144 valence electrons. The highest BCUT2D eigenvalue weighted by Gasteiger charge is 2.52. The Morgan fingerprint density at radius 2 is 1.63 bits per heavy atom. The zero-order chi connectivity index (χ0) is 18.1. The molecule has 4 aliphatic carbocycles. The first-order valence-corrected chi connectivity index (χ1v) is 10.9. The van der Waals surface area contributed by atoms with E-state index >= 15 is 0 Å². The number of rotatable bonds is 1. The number of amides is 2. The molecule has 7 rings (SSSR count). The number of hydrogen-bond acceptors (Lipinski definition) is 2. The molecule has 1 spiro atoms. The van der Waals surface area contributed by atoms with E-state index in [9.17, 15) is 4.79 Å². The Morgan fingerprint density at radius 1 is 1.00 bits per heavy atom. The topological polar surface area (TPSA) is 41.6 Å². The van der Waals surface area contributed by atoms with Crippen LogP contribution < -0.4 is 5.32 Å². The summed E-state index contributed by atoms with van der Waals surface area (Å²) in [5, 5.41) is 3.54. The van der Waals surface area contributed by atoms with Gasteiger partial charge in [-0.25, -0.2) is 4.79 Å². The lowest BCUT2D eigenvalue weighted by Crippen LogP contribution is -2.62. The minimum atomic E-state index is -0.159. The summed E-state index contributed by atoms with van der Waals surface area (Å²) in [6, 6.07) is 8.78. The molecular weight excluding hydrogens is 336 g/mol. The Kier molecular flexibility index (Phi) is 3.48. The van der Waals surface area contributed by atoms with Crippen molar-refractivity contribution in [2.45, 2.75) is 69.1 Å². The summed E-state index contributed by atoms with van der Waals surface area (Å²) in [5.74, 6) is 2.60. The van der Waals surface area contributed by atoms with Crippen molar-refractivity contribution in [2.24, 2.45) is 17.8 Å². The number of likely N-dealkylation sites (tertiary alicyclic amines) is 1. The van der Waals surface area contributed by atoms with Gasteiger partial charge < -0.3 is 15.0 Å². The molecule has 4 nitrogen and oxygen atoms in total. The predicted molar refractivity (Wildman–Crippen MR) is 103 cm³/mol. The van der Waals surface area contributed by atoms with Crippen LogP contribution in [0.25, 0.3) is 0 Å². The maximum Gasteiger partial charge on any atom is 0.317 e. The molecule has 2 amide bonds. The van der Waals surface area contributed by atoms with Gasteiger partial charge in [0.25, 0.3) is 0 Å². The first kappa shape index (κ1) is 16.4. The molecule has 4 saturated carbocycles. The summed E-state index contributed by atoms with van der Waals surface area (Å²) < 4.78 is 6.26. The first-order chi connectivity index (χ1) is 13.1. The molecule has 5 fully saturated rings. The number of benzene rings is 1. The first-order valence-electron chi connectivity index (χ1n) is 10.9. The highest BCUT2D eigenvalue weighted by atomic mass is 16.5. The van der Waals surface area contributed by atoms with Crippen LogP contribution in [0.4, 0.5) is 4.79 Å². The minimum Gasteiger partial charge on any atom is -0.365 e. The van der Waals surface area contributed by atoms with E-state index in [4.69, 9.17) is 4.74 Å². The molecule has 1 N–H and O–H groups in total. The second-order valence-corrected chi connectivity index (χ2v) is 10.1. The molecule has 1 aromatic carbocycles. The predicted octanol–water partition coefficient (Wildman–Crippen LogP) is 4.19. The average molecular weight is 367 g/mol. The van der Waals surface area contributed by atoms with Crippen molar-refractivity contribution >= 4 is 6.03 Å². The van der Waals surface area contributed by atoms with E-state index in [1.807, 2.05) is 4.90 Å². The van der Waals surface area contributed by atoms with Crippen molar-refractivity contribution in [3.8, 4) is 0 Å². The molecule has 1 aromatic rings. The Labute approximate surface area is 161 Å². The Bertz CT molecular complexity index is 730. The summed E-state index contributed by atoms with van der Waals surface area (Å²) in [6.07, 6.45) is 9.74. The highest BCUT2D eigenvalue weighted by Crippen LogP contribution is 2.55. The molecule has 4 heteroatoms. The zero-order valence-corrected chi connectivity index (χ0v) is 16.1. The number of urea groups is 1. The van der Waals surface area contributed by atoms with Crippen LogP contribution in [0.3, 0.4) is 0 Å². The van der Waals surface area contributed by atoms with Gasteiger partial charge in [0.15, 0.2) is 0 Å².